The van der Waals surface area contributed by atoms with E-state index in [9.17, 15) is 9.59 Å². The molecule has 32 heavy (non-hydrogen) atoms. The summed E-state index contributed by atoms with van der Waals surface area (Å²) in [6.07, 6.45) is 2.13. The lowest BCUT2D eigenvalue weighted by Crippen LogP contribution is -2.34. The summed E-state index contributed by atoms with van der Waals surface area (Å²) in [6.45, 7) is 6.39. The molecule has 0 saturated heterocycles. The van der Waals surface area contributed by atoms with Crippen LogP contribution >= 0.6 is 22.9 Å². The number of ketones is 1. The van der Waals surface area contributed by atoms with Crippen LogP contribution in [0.25, 0.3) is 0 Å². The van der Waals surface area contributed by atoms with Crippen molar-refractivity contribution in [3.05, 3.63) is 73.2 Å². The Morgan fingerprint density at radius 1 is 1.22 bits per heavy atom. The molecule has 1 N–H and O–H groups in total. The zero-order valence-corrected chi connectivity index (χ0v) is 20.0. The van der Waals surface area contributed by atoms with Crippen LogP contribution in [-0.2, 0) is 20.9 Å². The summed E-state index contributed by atoms with van der Waals surface area (Å²) >= 11 is 7.55. The van der Waals surface area contributed by atoms with E-state index in [2.05, 4.69) is 11.4 Å². The smallest absolute Gasteiger partial charge is 0.336 e. The van der Waals surface area contributed by atoms with E-state index in [1.807, 2.05) is 26.0 Å². The third kappa shape index (κ3) is 4.48. The summed E-state index contributed by atoms with van der Waals surface area (Å²) < 4.78 is 11.3. The van der Waals surface area contributed by atoms with E-state index in [-0.39, 0.29) is 18.4 Å². The number of esters is 1. The van der Waals surface area contributed by atoms with Gasteiger partial charge in [-0.3, -0.25) is 4.79 Å². The van der Waals surface area contributed by atoms with Gasteiger partial charge in [0, 0.05) is 43.7 Å². The van der Waals surface area contributed by atoms with Gasteiger partial charge in [-0.1, -0.05) is 11.6 Å². The Bertz CT molecular complexity index is 1110. The molecule has 1 aliphatic heterocycles. The molecule has 0 saturated carbocycles. The topological polar surface area (TPSA) is 64.6 Å². The van der Waals surface area contributed by atoms with E-state index in [0.717, 1.165) is 45.3 Å². The zero-order chi connectivity index (χ0) is 22.8. The maximum absolute atomic E-state index is 13.0. The number of Topliss-reactive ketones (excluding diaryl/α,β-unsaturated/α-hetero) is 1. The van der Waals surface area contributed by atoms with Gasteiger partial charge in [0.1, 0.15) is 12.4 Å². The molecule has 0 radical (unpaired) electrons. The number of hydrogen-bond acceptors (Lipinski definition) is 6. The van der Waals surface area contributed by atoms with Crippen molar-refractivity contribution in [1.82, 2.24) is 5.32 Å². The van der Waals surface area contributed by atoms with Crippen molar-refractivity contribution in [2.24, 2.45) is 0 Å². The molecule has 2 heterocycles. The number of halogens is 1. The standard InChI is InChI=1S/C25H26ClNO4S/c1-4-30-25(29)22-14(2)27-19-6-5-7-20(28)23(19)24(22)21-12-16(15(3)32-21)13-31-18-10-8-17(26)9-11-18/h8-12,24,27H,4-7,13H2,1-3H3. The molecule has 0 bridgehead atoms. The van der Waals surface area contributed by atoms with Crippen molar-refractivity contribution < 1.29 is 19.1 Å². The molecule has 168 valence electrons. The van der Waals surface area contributed by atoms with Gasteiger partial charge in [0.15, 0.2) is 5.78 Å². The number of thiophene rings is 1. The van der Waals surface area contributed by atoms with E-state index in [4.69, 9.17) is 21.1 Å². The maximum Gasteiger partial charge on any atom is 0.336 e. The number of carbonyl (C=O) groups excluding carboxylic acids is 2. The lowest BCUT2D eigenvalue weighted by molar-refractivity contribution is -0.138. The second-order valence-corrected chi connectivity index (χ2v) is 9.68. The largest absolute Gasteiger partial charge is 0.489 e. The minimum Gasteiger partial charge on any atom is -0.489 e. The van der Waals surface area contributed by atoms with Crippen molar-refractivity contribution in [3.8, 4) is 5.75 Å². The molecular formula is C25H26ClNO4S. The van der Waals surface area contributed by atoms with Crippen molar-refractivity contribution in [1.29, 1.82) is 0 Å². The summed E-state index contributed by atoms with van der Waals surface area (Å²) in [5.74, 6) is 0.0467. The first-order chi connectivity index (χ1) is 15.4. The summed E-state index contributed by atoms with van der Waals surface area (Å²) in [5, 5.41) is 3.98. The fourth-order valence-corrected chi connectivity index (χ4v) is 5.55. The van der Waals surface area contributed by atoms with E-state index >= 15 is 0 Å². The predicted octanol–water partition coefficient (Wildman–Crippen LogP) is 5.82. The Morgan fingerprint density at radius 3 is 2.69 bits per heavy atom. The summed E-state index contributed by atoms with van der Waals surface area (Å²) in [4.78, 5) is 27.9. The van der Waals surface area contributed by atoms with Crippen LogP contribution in [-0.4, -0.2) is 18.4 Å². The number of hydrogen-bond donors (Lipinski definition) is 1. The molecule has 2 aromatic rings. The molecular weight excluding hydrogens is 446 g/mol. The molecule has 0 fully saturated rings. The highest BCUT2D eigenvalue weighted by Crippen LogP contribution is 2.45. The van der Waals surface area contributed by atoms with Crippen molar-refractivity contribution in [2.45, 2.75) is 52.6 Å². The Hall–Kier alpha value is -2.57. The van der Waals surface area contributed by atoms with Gasteiger partial charge in [-0.2, -0.15) is 0 Å². The van der Waals surface area contributed by atoms with Crippen molar-refractivity contribution >= 4 is 34.7 Å². The zero-order valence-electron chi connectivity index (χ0n) is 18.4. The van der Waals surface area contributed by atoms with Crippen LogP contribution in [0.2, 0.25) is 5.02 Å². The van der Waals surface area contributed by atoms with Crippen LogP contribution in [0.15, 0.2) is 52.9 Å². The Balaban J connectivity index is 1.69. The lowest BCUT2D eigenvalue weighted by atomic mass is 9.78. The van der Waals surface area contributed by atoms with Crippen LogP contribution in [0.3, 0.4) is 0 Å². The summed E-state index contributed by atoms with van der Waals surface area (Å²) in [5.41, 5.74) is 3.95. The van der Waals surface area contributed by atoms with Gasteiger partial charge in [-0.25, -0.2) is 4.79 Å². The predicted molar refractivity (Wildman–Crippen MR) is 126 cm³/mol. The van der Waals surface area contributed by atoms with E-state index < -0.39 is 5.92 Å². The molecule has 1 aliphatic carbocycles. The molecule has 0 spiro atoms. The second-order valence-electron chi connectivity index (χ2n) is 7.96. The van der Waals surface area contributed by atoms with Crippen molar-refractivity contribution in [3.63, 3.8) is 0 Å². The molecule has 1 atom stereocenters. The minimum atomic E-state index is -0.411. The third-order valence-corrected chi connectivity index (χ3v) is 7.21. The Morgan fingerprint density at radius 2 is 1.97 bits per heavy atom. The number of rotatable bonds is 6. The molecule has 4 rings (SSSR count). The van der Waals surface area contributed by atoms with Gasteiger partial charge in [-0.15, -0.1) is 11.3 Å². The molecule has 1 aromatic carbocycles. The number of allylic oxidation sites excluding steroid dienone is 3. The van der Waals surface area contributed by atoms with Gasteiger partial charge in [-0.05, 0) is 63.9 Å². The average molecular weight is 472 g/mol. The van der Waals surface area contributed by atoms with Gasteiger partial charge < -0.3 is 14.8 Å². The molecule has 7 heteroatoms. The molecule has 1 unspecified atom stereocenters. The highest BCUT2D eigenvalue weighted by molar-refractivity contribution is 7.12. The average Bonchev–Trinajstić information content (AvgIpc) is 3.13. The molecule has 0 amide bonds. The Labute approximate surface area is 197 Å². The number of carbonyl (C=O) groups is 2. The number of benzene rings is 1. The van der Waals surface area contributed by atoms with Crippen LogP contribution < -0.4 is 10.1 Å². The summed E-state index contributed by atoms with van der Waals surface area (Å²) in [6, 6.07) is 9.31. The number of nitrogens with one attached hydrogen (secondary N) is 1. The fraction of sp³-hybridized carbons (Fsp3) is 0.360. The number of ether oxygens (including phenoxy) is 2. The monoisotopic (exact) mass is 471 g/mol. The first-order valence-corrected chi connectivity index (χ1v) is 12.0. The van der Waals surface area contributed by atoms with Crippen molar-refractivity contribution in [2.75, 3.05) is 6.61 Å². The van der Waals surface area contributed by atoms with Gasteiger partial charge in [0.25, 0.3) is 0 Å². The lowest BCUT2D eigenvalue weighted by Gasteiger charge is -2.33. The van der Waals surface area contributed by atoms with Crippen LogP contribution in [0, 0.1) is 6.92 Å². The first kappa shape index (κ1) is 22.6. The van der Waals surface area contributed by atoms with E-state index in [1.54, 1.807) is 30.4 Å². The highest BCUT2D eigenvalue weighted by Gasteiger charge is 2.40. The SMILES string of the molecule is CCOC(=O)C1=C(C)NC2=C(C(=O)CCC2)C1c1cc(COc2ccc(Cl)cc2)c(C)s1. The molecule has 2 aliphatic rings. The fourth-order valence-electron chi connectivity index (χ4n) is 4.27. The van der Waals surface area contributed by atoms with Gasteiger partial charge in [0.2, 0.25) is 0 Å². The molecule has 1 aromatic heterocycles. The third-order valence-electron chi connectivity index (χ3n) is 5.80. The van der Waals surface area contributed by atoms with Crippen LogP contribution in [0.1, 0.15) is 54.3 Å². The van der Waals surface area contributed by atoms with Crippen LogP contribution in [0.5, 0.6) is 5.75 Å². The summed E-state index contributed by atoms with van der Waals surface area (Å²) in [7, 11) is 0. The van der Waals surface area contributed by atoms with Gasteiger partial charge >= 0.3 is 5.97 Å². The number of aryl methyl sites for hydroxylation is 1. The number of dihydropyridines is 1. The normalized spacial score (nSPS) is 18.4. The van der Waals surface area contributed by atoms with E-state index in [0.29, 0.717) is 29.2 Å². The minimum absolute atomic E-state index is 0.100. The molecule has 5 nitrogen and oxygen atoms in total. The van der Waals surface area contributed by atoms with Crippen LogP contribution in [0.4, 0.5) is 0 Å². The highest BCUT2D eigenvalue weighted by atomic mass is 35.5. The Kier molecular flexibility index (Phi) is 6.72. The maximum atomic E-state index is 13.0. The van der Waals surface area contributed by atoms with E-state index in [1.165, 1.54) is 0 Å². The first-order valence-electron chi connectivity index (χ1n) is 10.8. The second kappa shape index (κ2) is 9.51. The van der Waals surface area contributed by atoms with Gasteiger partial charge in [0.05, 0.1) is 18.1 Å². The quantitative estimate of drug-likeness (QED) is 0.538.